The maximum atomic E-state index is 13.1. The molecule has 1 saturated heterocycles. The molecule has 0 aliphatic carbocycles. The van der Waals surface area contributed by atoms with E-state index in [2.05, 4.69) is 31.0 Å². The van der Waals surface area contributed by atoms with Crippen molar-refractivity contribution in [3.8, 4) is 0 Å². The fraction of sp³-hybridized carbons (Fsp3) is 0.409. The van der Waals surface area contributed by atoms with Gasteiger partial charge in [0.25, 0.3) is 5.91 Å². The Kier molecular flexibility index (Phi) is 4.90. The number of amides is 1. The van der Waals surface area contributed by atoms with Gasteiger partial charge in [-0.25, -0.2) is 4.98 Å². The molecule has 0 bridgehead atoms. The Bertz CT molecular complexity index is 1050. The minimum Gasteiger partial charge on any atom is -0.355 e. The highest BCUT2D eigenvalue weighted by molar-refractivity contribution is 5.94. The van der Waals surface area contributed by atoms with E-state index in [9.17, 15) is 4.79 Å². The molecule has 1 fully saturated rings. The SMILES string of the molecule is Cc1cc2n(n1)CCN(C(=O)c1cncc(CC3CCN(c4cnccn4)C3)c1)C2. The molecule has 0 aromatic carbocycles. The van der Waals surface area contributed by atoms with Gasteiger partial charge in [0.2, 0.25) is 0 Å². The van der Waals surface area contributed by atoms with E-state index in [0.29, 0.717) is 24.6 Å². The van der Waals surface area contributed by atoms with Gasteiger partial charge in [0.1, 0.15) is 5.82 Å². The number of aryl methyl sites for hydroxylation is 1. The Morgan fingerprint density at radius 2 is 2.03 bits per heavy atom. The van der Waals surface area contributed by atoms with Crippen LogP contribution in [0.2, 0.25) is 0 Å². The van der Waals surface area contributed by atoms with Gasteiger partial charge in [0.15, 0.2) is 0 Å². The molecule has 8 nitrogen and oxygen atoms in total. The Hall–Kier alpha value is -3.29. The van der Waals surface area contributed by atoms with Crippen LogP contribution in [0.25, 0.3) is 0 Å². The molecule has 3 aromatic heterocycles. The molecular formula is C22H25N7O. The number of pyridine rings is 1. The van der Waals surface area contributed by atoms with Crippen molar-refractivity contribution >= 4 is 11.7 Å². The molecule has 154 valence electrons. The molecule has 0 saturated carbocycles. The summed E-state index contributed by atoms with van der Waals surface area (Å²) in [5, 5.41) is 4.47. The molecule has 0 radical (unpaired) electrons. The molecule has 1 unspecified atom stereocenters. The second-order valence-corrected chi connectivity index (χ2v) is 8.18. The largest absolute Gasteiger partial charge is 0.355 e. The van der Waals surface area contributed by atoms with Gasteiger partial charge in [0.05, 0.1) is 36.2 Å². The maximum Gasteiger partial charge on any atom is 0.255 e. The van der Waals surface area contributed by atoms with E-state index in [1.54, 1.807) is 18.6 Å². The van der Waals surface area contributed by atoms with E-state index in [1.165, 1.54) is 0 Å². The van der Waals surface area contributed by atoms with E-state index < -0.39 is 0 Å². The summed E-state index contributed by atoms with van der Waals surface area (Å²) in [5.74, 6) is 1.50. The van der Waals surface area contributed by atoms with Crippen molar-refractivity contribution in [2.24, 2.45) is 5.92 Å². The van der Waals surface area contributed by atoms with Gasteiger partial charge >= 0.3 is 0 Å². The van der Waals surface area contributed by atoms with Crippen molar-refractivity contribution in [3.05, 3.63) is 65.6 Å². The number of carbonyl (C=O) groups excluding carboxylic acids is 1. The minimum atomic E-state index is 0.0436. The van der Waals surface area contributed by atoms with E-state index >= 15 is 0 Å². The molecule has 2 aliphatic heterocycles. The molecule has 5 rings (SSSR count). The highest BCUT2D eigenvalue weighted by atomic mass is 16.2. The van der Waals surface area contributed by atoms with Gasteiger partial charge in [-0.2, -0.15) is 5.10 Å². The Morgan fingerprint density at radius 1 is 1.10 bits per heavy atom. The number of nitrogens with zero attached hydrogens (tertiary/aromatic N) is 7. The fourth-order valence-corrected chi connectivity index (χ4v) is 4.48. The van der Waals surface area contributed by atoms with Gasteiger partial charge in [-0.05, 0) is 43.4 Å². The van der Waals surface area contributed by atoms with Crippen LogP contribution in [0, 0.1) is 12.8 Å². The molecule has 1 atom stereocenters. The van der Waals surface area contributed by atoms with Gasteiger partial charge in [-0.1, -0.05) is 0 Å². The lowest BCUT2D eigenvalue weighted by Gasteiger charge is -2.27. The molecular weight excluding hydrogens is 378 g/mol. The minimum absolute atomic E-state index is 0.0436. The summed E-state index contributed by atoms with van der Waals surface area (Å²) in [7, 11) is 0. The molecule has 5 heterocycles. The lowest BCUT2D eigenvalue weighted by Crippen LogP contribution is -2.38. The van der Waals surface area contributed by atoms with Gasteiger partial charge < -0.3 is 9.80 Å². The summed E-state index contributed by atoms with van der Waals surface area (Å²) in [6, 6.07) is 4.06. The summed E-state index contributed by atoms with van der Waals surface area (Å²) in [6.45, 7) is 5.93. The zero-order chi connectivity index (χ0) is 20.5. The Morgan fingerprint density at radius 3 is 2.90 bits per heavy atom. The molecule has 3 aromatic rings. The van der Waals surface area contributed by atoms with Crippen molar-refractivity contribution in [1.29, 1.82) is 0 Å². The summed E-state index contributed by atoms with van der Waals surface area (Å²) in [4.78, 5) is 30.2. The van der Waals surface area contributed by atoms with Crippen molar-refractivity contribution in [3.63, 3.8) is 0 Å². The zero-order valence-electron chi connectivity index (χ0n) is 17.1. The predicted octanol–water partition coefficient (Wildman–Crippen LogP) is 2.10. The molecule has 2 aliphatic rings. The first-order chi connectivity index (χ1) is 14.7. The highest BCUT2D eigenvalue weighted by Gasteiger charge is 2.26. The standard InChI is InChI=1S/C22H25N7O/c1-16-8-20-15-28(6-7-29(20)26-16)22(30)19-10-18(11-24-12-19)9-17-2-5-27(14-17)21-13-23-3-4-25-21/h3-4,8,10-13,17H,2,5-7,9,14-15H2,1H3. The van der Waals surface area contributed by atoms with E-state index in [1.807, 2.05) is 35.0 Å². The first-order valence-electron chi connectivity index (χ1n) is 10.4. The molecule has 30 heavy (non-hydrogen) atoms. The number of hydrogen-bond acceptors (Lipinski definition) is 6. The van der Waals surface area contributed by atoms with Crippen molar-refractivity contribution < 1.29 is 4.79 Å². The molecule has 0 spiro atoms. The third-order valence-corrected chi connectivity index (χ3v) is 5.93. The van der Waals surface area contributed by atoms with Crippen LogP contribution < -0.4 is 4.90 Å². The molecule has 1 amide bonds. The summed E-state index contributed by atoms with van der Waals surface area (Å²) < 4.78 is 2.00. The fourth-order valence-electron chi connectivity index (χ4n) is 4.48. The summed E-state index contributed by atoms with van der Waals surface area (Å²) in [5.41, 5.74) is 3.87. The van der Waals surface area contributed by atoms with Crippen molar-refractivity contribution in [1.82, 2.24) is 29.6 Å². The van der Waals surface area contributed by atoms with Crippen LogP contribution >= 0.6 is 0 Å². The van der Waals surface area contributed by atoms with E-state index in [0.717, 1.165) is 55.2 Å². The lowest BCUT2D eigenvalue weighted by molar-refractivity contribution is 0.0705. The number of aromatic nitrogens is 5. The van der Waals surface area contributed by atoms with Crippen LogP contribution in [0.15, 0.2) is 43.1 Å². The molecule has 8 heteroatoms. The monoisotopic (exact) mass is 403 g/mol. The highest BCUT2D eigenvalue weighted by Crippen LogP contribution is 2.25. The number of rotatable bonds is 4. The zero-order valence-corrected chi connectivity index (χ0v) is 17.1. The van der Waals surface area contributed by atoms with Gasteiger partial charge in [-0.3, -0.25) is 19.4 Å². The van der Waals surface area contributed by atoms with Crippen LogP contribution in [0.4, 0.5) is 5.82 Å². The Labute approximate surface area is 175 Å². The quantitative estimate of drug-likeness (QED) is 0.664. The second kappa shape index (κ2) is 7.85. The first kappa shape index (κ1) is 18.7. The lowest BCUT2D eigenvalue weighted by atomic mass is 9.99. The van der Waals surface area contributed by atoms with Crippen molar-refractivity contribution in [2.75, 3.05) is 24.5 Å². The summed E-state index contributed by atoms with van der Waals surface area (Å²) >= 11 is 0. The topological polar surface area (TPSA) is 80.0 Å². The van der Waals surface area contributed by atoms with Crippen LogP contribution in [-0.2, 0) is 19.5 Å². The van der Waals surface area contributed by atoms with Gasteiger partial charge in [0, 0.05) is 44.4 Å². The van der Waals surface area contributed by atoms with Crippen LogP contribution in [0.5, 0.6) is 0 Å². The van der Waals surface area contributed by atoms with Crippen LogP contribution in [-0.4, -0.2) is 55.2 Å². The smallest absolute Gasteiger partial charge is 0.255 e. The molecule has 0 N–H and O–H groups in total. The average Bonchev–Trinajstić information content (AvgIpc) is 3.39. The normalized spacial score (nSPS) is 18.5. The van der Waals surface area contributed by atoms with Crippen LogP contribution in [0.3, 0.4) is 0 Å². The van der Waals surface area contributed by atoms with E-state index in [-0.39, 0.29) is 5.91 Å². The third-order valence-electron chi connectivity index (χ3n) is 5.93. The summed E-state index contributed by atoms with van der Waals surface area (Å²) in [6.07, 6.45) is 10.8. The van der Waals surface area contributed by atoms with Crippen LogP contribution in [0.1, 0.15) is 33.7 Å². The Balaban J connectivity index is 1.24. The number of hydrogen-bond donors (Lipinski definition) is 0. The third kappa shape index (κ3) is 3.77. The average molecular weight is 403 g/mol. The first-order valence-corrected chi connectivity index (χ1v) is 10.4. The number of carbonyl (C=O) groups is 1. The second-order valence-electron chi connectivity index (χ2n) is 8.18. The number of fused-ring (bicyclic) bond motifs is 1. The predicted molar refractivity (Wildman–Crippen MR) is 112 cm³/mol. The maximum absolute atomic E-state index is 13.1. The van der Waals surface area contributed by atoms with E-state index in [4.69, 9.17) is 0 Å². The van der Waals surface area contributed by atoms with Gasteiger partial charge in [-0.15, -0.1) is 0 Å². The van der Waals surface area contributed by atoms with Crippen molar-refractivity contribution in [2.45, 2.75) is 32.9 Å². The number of anilines is 1.